The Kier molecular flexibility index (Phi) is 7.21. The fourth-order valence-electron chi connectivity index (χ4n) is 6.89. The van der Waals surface area contributed by atoms with Gasteiger partial charge in [-0.3, -0.25) is 9.59 Å². The summed E-state index contributed by atoms with van der Waals surface area (Å²) in [7, 11) is 3.57. The number of amides is 2. The van der Waals surface area contributed by atoms with Gasteiger partial charge in [0.2, 0.25) is 5.95 Å². The van der Waals surface area contributed by atoms with Crippen LogP contribution in [0.3, 0.4) is 0 Å². The predicted molar refractivity (Wildman–Crippen MR) is 159 cm³/mol. The molecule has 0 aromatic carbocycles. The maximum Gasteiger partial charge on any atom is 0.270 e. The van der Waals surface area contributed by atoms with Crippen molar-refractivity contribution in [2.75, 3.05) is 32.5 Å². The van der Waals surface area contributed by atoms with Crippen molar-refractivity contribution in [2.24, 2.45) is 11.3 Å². The Labute approximate surface area is 241 Å². The molecule has 3 fully saturated rings. The summed E-state index contributed by atoms with van der Waals surface area (Å²) in [4.78, 5) is 43.8. The minimum Gasteiger partial charge on any atom is -0.343 e. The molecule has 2 N–H and O–H groups in total. The average molecular weight is 559 g/mol. The molecular formula is C31H42N8O2. The zero-order valence-electron chi connectivity index (χ0n) is 24.9. The number of anilines is 2. The quantitative estimate of drug-likeness (QED) is 0.470. The third-order valence-electron chi connectivity index (χ3n) is 9.24. The third kappa shape index (κ3) is 5.54. The Hall–Kier alpha value is -3.53. The average Bonchev–Trinajstić information content (AvgIpc) is 3.50. The van der Waals surface area contributed by atoms with Gasteiger partial charge in [0.1, 0.15) is 17.2 Å². The van der Waals surface area contributed by atoms with Gasteiger partial charge in [0.05, 0.1) is 5.56 Å². The molecule has 3 aliphatic rings. The van der Waals surface area contributed by atoms with E-state index in [1.165, 1.54) is 0 Å². The van der Waals surface area contributed by atoms with Gasteiger partial charge < -0.3 is 25.0 Å². The fraction of sp³-hybridized carbons (Fsp3) is 0.581. The lowest BCUT2D eigenvalue weighted by atomic mass is 9.71. The summed E-state index contributed by atoms with van der Waals surface area (Å²) in [5.41, 5.74) is 2.27. The zero-order chi connectivity index (χ0) is 28.9. The van der Waals surface area contributed by atoms with E-state index in [9.17, 15) is 9.59 Å². The second-order valence-electron chi connectivity index (χ2n) is 13.3. The highest BCUT2D eigenvalue weighted by molar-refractivity contribution is 5.98. The predicted octanol–water partition coefficient (Wildman–Crippen LogP) is 4.63. The number of hydrogen-bond donors (Lipinski definition) is 2. The molecule has 3 aromatic rings. The summed E-state index contributed by atoms with van der Waals surface area (Å²) in [5, 5.41) is 7.62. The van der Waals surface area contributed by atoms with Crippen LogP contribution in [-0.4, -0.2) is 80.4 Å². The SMILES string of the molecule is CN(C)C(=O)c1cc2cnc(Nc3ccc(C(=O)N4C[C@@H]5CC[C@@H](C4)N5)cn3)nc2n1C1CCC(C(C)(C)C)CC1. The van der Waals surface area contributed by atoms with Gasteiger partial charge in [0.15, 0.2) is 0 Å². The number of nitrogens with zero attached hydrogens (tertiary/aromatic N) is 6. The number of pyridine rings is 1. The number of aromatic nitrogens is 4. The number of piperazine rings is 1. The molecule has 0 spiro atoms. The minimum atomic E-state index is -0.0325. The van der Waals surface area contributed by atoms with Gasteiger partial charge in [-0.05, 0) is 68.1 Å². The molecule has 0 radical (unpaired) electrons. The summed E-state index contributed by atoms with van der Waals surface area (Å²) in [6.45, 7) is 8.46. The largest absolute Gasteiger partial charge is 0.343 e. The van der Waals surface area contributed by atoms with Crippen LogP contribution in [0.5, 0.6) is 0 Å². The summed E-state index contributed by atoms with van der Waals surface area (Å²) < 4.78 is 2.14. The summed E-state index contributed by atoms with van der Waals surface area (Å²) in [6, 6.07) is 6.53. The van der Waals surface area contributed by atoms with Gasteiger partial charge in [0, 0.05) is 63.1 Å². The number of fused-ring (bicyclic) bond motifs is 3. The van der Waals surface area contributed by atoms with Crippen molar-refractivity contribution in [3.05, 3.63) is 41.9 Å². The van der Waals surface area contributed by atoms with Gasteiger partial charge in [-0.2, -0.15) is 4.98 Å². The van der Waals surface area contributed by atoms with E-state index in [0.29, 0.717) is 41.0 Å². The Bertz CT molecular complexity index is 1420. The lowest BCUT2D eigenvalue weighted by Crippen LogP contribution is -2.53. The Morgan fingerprint density at radius 1 is 0.976 bits per heavy atom. The molecule has 10 heteroatoms. The van der Waals surface area contributed by atoms with Crippen molar-refractivity contribution >= 4 is 34.6 Å². The highest BCUT2D eigenvalue weighted by Crippen LogP contribution is 2.43. The molecule has 3 aromatic heterocycles. The third-order valence-corrected chi connectivity index (χ3v) is 9.24. The van der Waals surface area contributed by atoms with Crippen molar-refractivity contribution in [2.45, 2.75) is 77.4 Å². The number of likely N-dealkylation sites (tertiary alicyclic amines) is 1. The molecule has 2 amide bonds. The van der Waals surface area contributed by atoms with Crippen molar-refractivity contribution in [3.8, 4) is 0 Å². The molecule has 1 aliphatic carbocycles. The van der Waals surface area contributed by atoms with Crippen LogP contribution in [-0.2, 0) is 0 Å². The number of hydrogen-bond acceptors (Lipinski definition) is 7. The van der Waals surface area contributed by atoms with Crippen LogP contribution in [0.2, 0.25) is 0 Å². The monoisotopic (exact) mass is 558 g/mol. The number of rotatable bonds is 5. The summed E-state index contributed by atoms with van der Waals surface area (Å²) >= 11 is 0. The minimum absolute atomic E-state index is 0.0252. The molecule has 2 aliphatic heterocycles. The van der Waals surface area contributed by atoms with E-state index < -0.39 is 0 Å². The van der Waals surface area contributed by atoms with Crippen molar-refractivity contribution in [3.63, 3.8) is 0 Å². The second kappa shape index (κ2) is 10.7. The van der Waals surface area contributed by atoms with Crippen LogP contribution in [0.1, 0.15) is 86.2 Å². The highest BCUT2D eigenvalue weighted by atomic mass is 16.2. The van der Waals surface area contributed by atoms with Crippen molar-refractivity contribution in [1.29, 1.82) is 0 Å². The van der Waals surface area contributed by atoms with Crippen LogP contribution in [0.15, 0.2) is 30.6 Å². The number of carbonyl (C=O) groups is 2. The number of nitrogens with one attached hydrogen (secondary N) is 2. The zero-order valence-corrected chi connectivity index (χ0v) is 24.9. The van der Waals surface area contributed by atoms with E-state index in [-0.39, 0.29) is 23.3 Å². The normalized spacial score (nSPS) is 24.5. The molecule has 2 bridgehead atoms. The maximum absolute atomic E-state index is 13.2. The molecule has 0 unspecified atom stereocenters. The molecular weight excluding hydrogens is 516 g/mol. The van der Waals surface area contributed by atoms with E-state index in [2.05, 4.69) is 45.9 Å². The molecule has 2 atom stereocenters. The van der Waals surface area contributed by atoms with E-state index >= 15 is 0 Å². The van der Waals surface area contributed by atoms with Crippen LogP contribution in [0.25, 0.3) is 11.0 Å². The molecule has 5 heterocycles. The first kappa shape index (κ1) is 27.6. The Balaban J connectivity index is 1.23. The van der Waals surface area contributed by atoms with E-state index in [1.807, 2.05) is 17.0 Å². The van der Waals surface area contributed by atoms with Crippen LogP contribution in [0, 0.1) is 11.3 Å². The standard InChI is InChI=1S/C31H42N8O2/c1-31(2,3)21-7-11-24(12-8-21)39-25(29(41)37(4)5)14-20-16-33-30(36-27(20)39)35-26-13-6-19(15-32-26)28(40)38-17-22-9-10-23(18-38)34-22/h6,13-16,21-24,34H,7-12,17-18H2,1-5H3,(H,32,33,35,36)/t21?,22-,23-,24?/m0/s1. The van der Waals surface area contributed by atoms with E-state index in [4.69, 9.17) is 4.98 Å². The first-order valence-corrected chi connectivity index (χ1v) is 14.9. The highest BCUT2D eigenvalue weighted by Gasteiger charge is 2.35. The Morgan fingerprint density at radius 2 is 1.68 bits per heavy atom. The van der Waals surface area contributed by atoms with E-state index in [0.717, 1.165) is 62.6 Å². The lowest BCUT2D eigenvalue weighted by molar-refractivity contribution is 0.0697. The lowest BCUT2D eigenvalue weighted by Gasteiger charge is -2.38. The molecule has 6 rings (SSSR count). The Morgan fingerprint density at radius 3 is 2.29 bits per heavy atom. The van der Waals surface area contributed by atoms with E-state index in [1.54, 1.807) is 37.5 Å². The molecule has 41 heavy (non-hydrogen) atoms. The topological polar surface area (TPSA) is 108 Å². The first-order valence-electron chi connectivity index (χ1n) is 14.9. The summed E-state index contributed by atoms with van der Waals surface area (Å²) in [5.74, 6) is 1.64. The van der Waals surface area contributed by atoms with Gasteiger partial charge in [-0.15, -0.1) is 0 Å². The van der Waals surface area contributed by atoms with Gasteiger partial charge in [0.25, 0.3) is 11.8 Å². The number of carbonyl (C=O) groups excluding carboxylic acids is 2. The van der Waals surface area contributed by atoms with Crippen molar-refractivity contribution in [1.82, 2.24) is 34.6 Å². The first-order chi connectivity index (χ1) is 19.6. The molecule has 1 saturated carbocycles. The molecule has 218 valence electrons. The van der Waals surface area contributed by atoms with Crippen LogP contribution < -0.4 is 10.6 Å². The summed E-state index contributed by atoms with van der Waals surface area (Å²) in [6.07, 6.45) is 9.93. The molecule has 2 saturated heterocycles. The van der Waals surface area contributed by atoms with Gasteiger partial charge >= 0.3 is 0 Å². The fourth-order valence-corrected chi connectivity index (χ4v) is 6.89. The van der Waals surface area contributed by atoms with Gasteiger partial charge in [-0.1, -0.05) is 20.8 Å². The molecule has 10 nitrogen and oxygen atoms in total. The van der Waals surface area contributed by atoms with Crippen LogP contribution in [0.4, 0.5) is 11.8 Å². The van der Waals surface area contributed by atoms with Crippen molar-refractivity contribution < 1.29 is 9.59 Å². The second-order valence-corrected chi connectivity index (χ2v) is 13.3. The van der Waals surface area contributed by atoms with Gasteiger partial charge in [-0.25, -0.2) is 9.97 Å². The maximum atomic E-state index is 13.2. The van der Waals surface area contributed by atoms with Crippen LogP contribution >= 0.6 is 0 Å². The smallest absolute Gasteiger partial charge is 0.270 e.